The van der Waals surface area contributed by atoms with Gasteiger partial charge in [0.1, 0.15) is 6.04 Å². The molecule has 0 saturated carbocycles. The summed E-state index contributed by atoms with van der Waals surface area (Å²) in [6.45, 7) is 4.14. The Morgan fingerprint density at radius 3 is 2.52 bits per heavy atom. The van der Waals surface area contributed by atoms with Gasteiger partial charge in [0, 0.05) is 12.2 Å². The van der Waals surface area contributed by atoms with Gasteiger partial charge >= 0.3 is 12.1 Å². The number of carbonyl (C=O) groups excluding carboxylic acids is 1. The van der Waals surface area contributed by atoms with Crippen LogP contribution in [0.3, 0.4) is 0 Å². The SMILES string of the molecule is CC(C)C[C@@]1(N)C[C@@H]2SC[C@@H](C#N)N2C1=O.O=C(O)C(F)(F)F. The van der Waals surface area contributed by atoms with Crippen LogP contribution in [-0.4, -0.2) is 50.8 Å². The Labute approximate surface area is 135 Å². The molecule has 0 unspecified atom stereocenters. The molecule has 3 N–H and O–H groups in total. The third-order valence-electron chi connectivity index (χ3n) is 3.46. The molecule has 2 fully saturated rings. The van der Waals surface area contributed by atoms with E-state index in [1.165, 1.54) is 0 Å². The number of aliphatic carboxylic acids is 1. The van der Waals surface area contributed by atoms with E-state index in [0.717, 1.165) is 5.75 Å². The molecular formula is C13H18F3N3O3S. The molecule has 2 saturated heterocycles. The zero-order chi connectivity index (χ0) is 18.0. The number of thioether (sulfide) groups is 1. The molecule has 0 aromatic heterocycles. The maximum Gasteiger partial charge on any atom is 0.490 e. The Morgan fingerprint density at radius 1 is 1.61 bits per heavy atom. The van der Waals surface area contributed by atoms with Crippen molar-refractivity contribution in [2.75, 3.05) is 5.75 Å². The second-order valence-corrected chi connectivity index (χ2v) is 7.12. The van der Waals surface area contributed by atoms with Crippen LogP contribution in [0.4, 0.5) is 13.2 Å². The van der Waals surface area contributed by atoms with Gasteiger partial charge in [-0.2, -0.15) is 18.4 Å². The van der Waals surface area contributed by atoms with Crippen LogP contribution in [0.5, 0.6) is 0 Å². The molecule has 2 aliphatic rings. The summed E-state index contributed by atoms with van der Waals surface area (Å²) in [5.41, 5.74) is 5.46. The number of alkyl halides is 3. The molecule has 23 heavy (non-hydrogen) atoms. The average molecular weight is 353 g/mol. The highest BCUT2D eigenvalue weighted by Crippen LogP contribution is 2.42. The fourth-order valence-corrected chi connectivity index (χ4v) is 4.11. The smallest absolute Gasteiger partial charge is 0.475 e. The summed E-state index contributed by atoms with van der Waals surface area (Å²) in [5, 5.41) is 16.2. The second kappa shape index (κ2) is 6.97. The van der Waals surface area contributed by atoms with Gasteiger partial charge in [-0.25, -0.2) is 4.79 Å². The number of nitrogens with two attached hydrogens (primary N) is 1. The quantitative estimate of drug-likeness (QED) is 0.780. The standard InChI is InChI=1S/C11H17N3OS.C2HF3O2/c1-7(2)3-11(13)4-9-14(10(11)15)8(5-12)6-16-9;3-2(4,5)1(6)7/h7-9H,3-4,6,13H2,1-2H3;(H,6,7)/t8-,9+,11-;/m1./s1. The van der Waals surface area contributed by atoms with Crippen molar-refractivity contribution in [1.29, 1.82) is 5.26 Å². The number of nitriles is 1. The first-order valence-electron chi connectivity index (χ1n) is 6.85. The molecule has 2 rings (SSSR count). The normalized spacial score (nSPS) is 29.8. The molecule has 130 valence electrons. The summed E-state index contributed by atoms with van der Waals surface area (Å²) in [5.74, 6) is -1.65. The zero-order valence-corrected chi connectivity index (χ0v) is 13.4. The van der Waals surface area contributed by atoms with Crippen molar-refractivity contribution in [3.8, 4) is 6.07 Å². The van der Waals surface area contributed by atoms with Crippen molar-refractivity contribution in [2.24, 2.45) is 11.7 Å². The van der Waals surface area contributed by atoms with Crippen molar-refractivity contribution in [3.63, 3.8) is 0 Å². The number of halogens is 3. The maximum absolute atomic E-state index is 12.2. The molecule has 6 nitrogen and oxygen atoms in total. The van der Waals surface area contributed by atoms with E-state index < -0.39 is 17.7 Å². The van der Waals surface area contributed by atoms with Crippen molar-refractivity contribution in [1.82, 2.24) is 4.90 Å². The number of carboxylic acids is 1. The molecule has 2 heterocycles. The van der Waals surface area contributed by atoms with Crippen molar-refractivity contribution < 1.29 is 27.9 Å². The fourth-order valence-electron chi connectivity index (χ4n) is 2.65. The summed E-state index contributed by atoms with van der Waals surface area (Å²) in [6, 6.07) is 1.91. The summed E-state index contributed by atoms with van der Waals surface area (Å²) >= 11 is 1.68. The number of hydrogen-bond donors (Lipinski definition) is 2. The first-order chi connectivity index (χ1) is 10.4. The van der Waals surface area contributed by atoms with Crippen LogP contribution < -0.4 is 5.73 Å². The lowest BCUT2D eigenvalue weighted by atomic mass is 9.88. The Hall–Kier alpha value is -1.47. The lowest BCUT2D eigenvalue weighted by Gasteiger charge is -2.25. The van der Waals surface area contributed by atoms with Gasteiger partial charge in [0.25, 0.3) is 0 Å². The highest BCUT2D eigenvalue weighted by atomic mass is 32.2. The van der Waals surface area contributed by atoms with Crippen LogP contribution in [0.15, 0.2) is 0 Å². The molecule has 3 atom stereocenters. The maximum atomic E-state index is 12.2. The van der Waals surface area contributed by atoms with Gasteiger partial charge in [0.15, 0.2) is 0 Å². The van der Waals surface area contributed by atoms with E-state index in [1.807, 2.05) is 0 Å². The molecule has 0 radical (unpaired) electrons. The van der Waals surface area contributed by atoms with Crippen LogP contribution >= 0.6 is 11.8 Å². The minimum absolute atomic E-state index is 0.0252. The predicted octanol–water partition coefficient (Wildman–Crippen LogP) is 1.56. The largest absolute Gasteiger partial charge is 0.490 e. The molecular weight excluding hydrogens is 335 g/mol. The lowest BCUT2D eigenvalue weighted by molar-refractivity contribution is -0.192. The molecule has 10 heteroatoms. The number of carbonyl (C=O) groups is 2. The van der Waals surface area contributed by atoms with Crippen LogP contribution in [0.25, 0.3) is 0 Å². The molecule has 0 bridgehead atoms. The van der Waals surface area contributed by atoms with Crippen LogP contribution in [0.2, 0.25) is 0 Å². The first kappa shape index (κ1) is 19.6. The van der Waals surface area contributed by atoms with Gasteiger partial charge in [-0.15, -0.1) is 11.8 Å². The van der Waals surface area contributed by atoms with E-state index in [4.69, 9.17) is 20.9 Å². The lowest BCUT2D eigenvalue weighted by Crippen LogP contribution is -2.50. The number of nitrogens with zero attached hydrogens (tertiary/aromatic N) is 2. The van der Waals surface area contributed by atoms with E-state index in [9.17, 15) is 18.0 Å². The van der Waals surface area contributed by atoms with E-state index in [0.29, 0.717) is 18.8 Å². The molecule has 0 aromatic rings. The summed E-state index contributed by atoms with van der Waals surface area (Å²) in [4.78, 5) is 22.8. The summed E-state index contributed by atoms with van der Waals surface area (Å²) in [7, 11) is 0. The van der Waals surface area contributed by atoms with E-state index in [1.54, 1.807) is 16.7 Å². The molecule has 0 aliphatic carbocycles. The average Bonchev–Trinajstić information content (AvgIpc) is 2.87. The fraction of sp³-hybridized carbons (Fsp3) is 0.769. The van der Waals surface area contributed by atoms with Gasteiger partial charge in [0.2, 0.25) is 5.91 Å². The van der Waals surface area contributed by atoms with Gasteiger partial charge in [-0.3, -0.25) is 4.79 Å². The molecule has 0 spiro atoms. The third-order valence-corrected chi connectivity index (χ3v) is 4.74. The van der Waals surface area contributed by atoms with Gasteiger partial charge in [0.05, 0.1) is 17.0 Å². The van der Waals surface area contributed by atoms with Crippen molar-refractivity contribution in [3.05, 3.63) is 0 Å². The minimum atomic E-state index is -5.08. The Kier molecular flexibility index (Phi) is 5.93. The number of hydrogen-bond acceptors (Lipinski definition) is 5. The van der Waals surface area contributed by atoms with E-state index in [2.05, 4.69) is 19.9 Å². The molecule has 1 amide bonds. The Balaban J connectivity index is 0.000000322. The Morgan fingerprint density at radius 2 is 2.13 bits per heavy atom. The van der Waals surface area contributed by atoms with Crippen molar-refractivity contribution in [2.45, 2.75) is 49.8 Å². The first-order valence-corrected chi connectivity index (χ1v) is 7.90. The molecule has 2 aliphatic heterocycles. The Bertz CT molecular complexity index is 521. The highest BCUT2D eigenvalue weighted by molar-refractivity contribution is 8.00. The van der Waals surface area contributed by atoms with Crippen LogP contribution in [-0.2, 0) is 9.59 Å². The number of rotatable bonds is 2. The number of carboxylic acid groups (broad SMARTS) is 1. The second-order valence-electron chi connectivity index (χ2n) is 5.91. The summed E-state index contributed by atoms with van der Waals surface area (Å²) in [6.07, 6.45) is -3.69. The third kappa shape index (κ3) is 4.51. The summed E-state index contributed by atoms with van der Waals surface area (Å²) < 4.78 is 31.7. The number of amides is 1. The topological polar surface area (TPSA) is 107 Å². The van der Waals surface area contributed by atoms with Crippen LogP contribution in [0.1, 0.15) is 26.7 Å². The van der Waals surface area contributed by atoms with Gasteiger partial charge in [-0.1, -0.05) is 13.8 Å². The monoisotopic (exact) mass is 353 g/mol. The zero-order valence-electron chi connectivity index (χ0n) is 12.6. The van der Waals surface area contributed by atoms with E-state index >= 15 is 0 Å². The van der Waals surface area contributed by atoms with Crippen molar-refractivity contribution >= 4 is 23.6 Å². The molecule has 0 aromatic carbocycles. The highest BCUT2D eigenvalue weighted by Gasteiger charge is 2.54. The van der Waals surface area contributed by atoms with Gasteiger partial charge < -0.3 is 15.7 Å². The number of fused-ring (bicyclic) bond motifs is 1. The van der Waals surface area contributed by atoms with Gasteiger partial charge in [-0.05, 0) is 12.3 Å². The van der Waals surface area contributed by atoms with E-state index in [-0.39, 0.29) is 17.3 Å². The minimum Gasteiger partial charge on any atom is -0.475 e. The predicted molar refractivity (Wildman–Crippen MR) is 77.2 cm³/mol. The van der Waals surface area contributed by atoms with Crippen LogP contribution in [0, 0.1) is 17.2 Å².